The molecule has 186 valence electrons. The smallest absolute Gasteiger partial charge is 0.372 e. The molecule has 2 aromatic rings. The van der Waals surface area contributed by atoms with Gasteiger partial charge in [-0.25, -0.2) is 0 Å². The highest BCUT2D eigenvalue weighted by molar-refractivity contribution is 6.34. The van der Waals surface area contributed by atoms with Crippen molar-refractivity contribution in [3.63, 3.8) is 0 Å². The van der Waals surface area contributed by atoms with Crippen molar-refractivity contribution in [2.75, 3.05) is 6.54 Å². The minimum atomic E-state index is -4.75. The number of fused-ring (bicyclic) bond motifs is 1. The third kappa shape index (κ3) is 4.70. The number of rotatable bonds is 4. The summed E-state index contributed by atoms with van der Waals surface area (Å²) in [5.41, 5.74) is -0.491. The molecule has 0 radical (unpaired) electrons. The van der Waals surface area contributed by atoms with Gasteiger partial charge in [0, 0.05) is 40.8 Å². The van der Waals surface area contributed by atoms with E-state index in [1.807, 2.05) is 12.1 Å². The lowest BCUT2D eigenvalue weighted by Gasteiger charge is -2.30. The maximum Gasteiger partial charge on any atom is 0.435 e. The molecule has 5 nitrogen and oxygen atoms in total. The Morgan fingerprint density at radius 1 is 1.09 bits per heavy atom. The van der Waals surface area contributed by atoms with E-state index < -0.39 is 18.2 Å². The summed E-state index contributed by atoms with van der Waals surface area (Å²) >= 11 is 12.0. The van der Waals surface area contributed by atoms with E-state index in [2.05, 4.69) is 10.5 Å². The number of hydrogen-bond donors (Lipinski definition) is 1. The van der Waals surface area contributed by atoms with Crippen LogP contribution in [0.25, 0.3) is 0 Å². The fourth-order valence-corrected chi connectivity index (χ4v) is 5.64. The molecule has 3 aliphatic rings. The predicted molar refractivity (Wildman–Crippen MR) is 127 cm³/mol. The molecule has 1 saturated carbocycles. The molecule has 0 saturated heterocycles. The van der Waals surface area contributed by atoms with Crippen LogP contribution in [0.1, 0.15) is 59.2 Å². The average molecular weight is 526 g/mol. The molecular weight excluding hydrogens is 502 g/mol. The Morgan fingerprint density at radius 2 is 1.77 bits per heavy atom. The molecule has 1 fully saturated rings. The molecule has 35 heavy (non-hydrogen) atoms. The Morgan fingerprint density at radius 3 is 2.46 bits per heavy atom. The summed E-state index contributed by atoms with van der Waals surface area (Å²) in [5.74, 6) is 0.586. The van der Waals surface area contributed by atoms with Gasteiger partial charge in [0.1, 0.15) is 5.84 Å². The highest BCUT2D eigenvalue weighted by Gasteiger charge is 2.63. The van der Waals surface area contributed by atoms with Gasteiger partial charge in [-0.3, -0.25) is 4.79 Å². The number of oxime groups is 1. The second-order valence-corrected chi connectivity index (χ2v) is 10.3. The minimum absolute atomic E-state index is 0.0838. The quantitative estimate of drug-likeness (QED) is 0.501. The molecule has 10 heteroatoms. The Bertz CT molecular complexity index is 1160. The van der Waals surface area contributed by atoms with E-state index in [4.69, 9.17) is 28.0 Å². The number of benzene rings is 2. The van der Waals surface area contributed by atoms with Gasteiger partial charge >= 0.3 is 6.18 Å². The first-order chi connectivity index (χ1) is 16.6. The van der Waals surface area contributed by atoms with Gasteiger partial charge in [0.2, 0.25) is 0 Å². The van der Waals surface area contributed by atoms with Crippen LogP contribution < -0.4 is 5.32 Å². The summed E-state index contributed by atoms with van der Waals surface area (Å²) in [6, 6.07) is 9.19. The lowest BCUT2D eigenvalue weighted by atomic mass is 9.89. The van der Waals surface area contributed by atoms with Gasteiger partial charge < -0.3 is 15.1 Å². The maximum atomic E-state index is 14.3. The number of alkyl halides is 3. The van der Waals surface area contributed by atoms with Gasteiger partial charge in [-0.1, -0.05) is 47.3 Å². The van der Waals surface area contributed by atoms with Crippen LogP contribution in [0, 0.1) is 5.92 Å². The van der Waals surface area contributed by atoms with Crippen LogP contribution in [0.15, 0.2) is 41.6 Å². The highest BCUT2D eigenvalue weighted by Crippen LogP contribution is 2.49. The van der Waals surface area contributed by atoms with Crippen LogP contribution in [0.2, 0.25) is 10.0 Å². The van der Waals surface area contributed by atoms with Gasteiger partial charge in [-0.2, -0.15) is 13.2 Å². The van der Waals surface area contributed by atoms with Crippen molar-refractivity contribution >= 4 is 34.9 Å². The minimum Gasteiger partial charge on any atom is -0.372 e. The Kier molecular flexibility index (Phi) is 6.38. The van der Waals surface area contributed by atoms with E-state index in [9.17, 15) is 18.0 Å². The molecule has 0 aromatic heterocycles. The predicted octanol–water partition coefficient (Wildman–Crippen LogP) is 6.42. The Balaban J connectivity index is 1.30. The first-order valence-electron chi connectivity index (χ1n) is 11.6. The Hall–Kier alpha value is -2.45. The number of nitrogens with zero attached hydrogens (tertiary/aromatic N) is 2. The molecule has 2 heterocycles. The summed E-state index contributed by atoms with van der Waals surface area (Å²) in [5, 5.41) is 7.02. The van der Waals surface area contributed by atoms with E-state index in [0.717, 1.165) is 24.0 Å². The summed E-state index contributed by atoms with van der Waals surface area (Å²) in [6.07, 6.45) is -0.542. The van der Waals surface area contributed by atoms with Crippen LogP contribution in [0.3, 0.4) is 0 Å². The van der Waals surface area contributed by atoms with E-state index in [-0.39, 0.29) is 27.4 Å². The van der Waals surface area contributed by atoms with Crippen molar-refractivity contribution in [2.45, 2.75) is 57.0 Å². The van der Waals surface area contributed by atoms with Crippen molar-refractivity contribution in [1.29, 1.82) is 0 Å². The van der Waals surface area contributed by atoms with Crippen LogP contribution >= 0.6 is 23.2 Å². The van der Waals surface area contributed by atoms with Crippen LogP contribution in [0.5, 0.6) is 0 Å². The number of amidine groups is 1. The largest absolute Gasteiger partial charge is 0.435 e. The van der Waals surface area contributed by atoms with Crippen molar-refractivity contribution in [2.24, 2.45) is 11.1 Å². The van der Waals surface area contributed by atoms with E-state index in [0.29, 0.717) is 31.1 Å². The van der Waals surface area contributed by atoms with Crippen molar-refractivity contribution in [3.05, 3.63) is 68.7 Å². The lowest BCUT2D eigenvalue weighted by molar-refractivity contribution is -0.275. The lowest BCUT2D eigenvalue weighted by Crippen LogP contribution is -2.43. The van der Waals surface area contributed by atoms with Gasteiger partial charge in [0.05, 0.1) is 6.42 Å². The fraction of sp³-hybridized carbons (Fsp3) is 0.440. The van der Waals surface area contributed by atoms with Gasteiger partial charge in [0.25, 0.3) is 11.5 Å². The zero-order valence-corrected chi connectivity index (χ0v) is 20.3. The standard InChI is InChI=1S/C25H24Cl2F3N3O2/c26-20-8-19(9-21(27)10-20)24(25(28,29)30)11-22(32-35-24)33-13-17-6-5-16(7-18(17)14-33)23(34)31-12-15-3-1-2-4-15/h5-10,15H,1-4,11-14H2,(H,31,34). The number of carbonyl (C=O) groups excluding carboxylic acids is 1. The van der Waals surface area contributed by atoms with Gasteiger partial charge in [-0.15, -0.1) is 0 Å². The molecule has 2 aromatic carbocycles. The van der Waals surface area contributed by atoms with E-state index >= 15 is 0 Å². The zero-order valence-electron chi connectivity index (χ0n) is 18.8. The first kappa shape index (κ1) is 24.3. The molecule has 5 rings (SSSR count). The molecule has 1 aliphatic carbocycles. The molecule has 1 N–H and O–H groups in total. The molecule has 1 amide bonds. The number of hydrogen-bond acceptors (Lipinski definition) is 4. The van der Waals surface area contributed by atoms with Gasteiger partial charge in [-0.05, 0) is 60.2 Å². The molecular formula is C25H24Cl2F3N3O2. The fourth-order valence-electron chi connectivity index (χ4n) is 5.12. The summed E-state index contributed by atoms with van der Waals surface area (Å²) in [7, 11) is 0. The molecule has 0 spiro atoms. The van der Waals surface area contributed by atoms with Crippen LogP contribution in [-0.4, -0.2) is 29.4 Å². The maximum absolute atomic E-state index is 14.3. The summed E-state index contributed by atoms with van der Waals surface area (Å²) in [4.78, 5) is 19.5. The van der Waals surface area contributed by atoms with Crippen molar-refractivity contribution < 1.29 is 22.8 Å². The van der Waals surface area contributed by atoms with Crippen LogP contribution in [0.4, 0.5) is 13.2 Å². The van der Waals surface area contributed by atoms with Gasteiger partial charge in [0.15, 0.2) is 0 Å². The summed E-state index contributed by atoms with van der Waals surface area (Å²) < 4.78 is 42.8. The van der Waals surface area contributed by atoms with E-state index in [1.54, 1.807) is 11.0 Å². The average Bonchev–Trinajstić information content (AvgIpc) is 3.55. The molecule has 1 atom stereocenters. The zero-order chi connectivity index (χ0) is 24.8. The first-order valence-corrected chi connectivity index (χ1v) is 12.3. The normalized spacial score (nSPS) is 22.2. The SMILES string of the molecule is O=C(NCC1CCCC1)c1ccc2c(c1)CN(C1=NOC(c3cc(Cl)cc(Cl)c3)(C(F)(F)F)C1)C2. The second-order valence-electron chi connectivity index (χ2n) is 9.46. The summed E-state index contributed by atoms with van der Waals surface area (Å²) in [6.45, 7) is 1.39. The molecule has 2 aliphatic heterocycles. The number of amides is 1. The highest BCUT2D eigenvalue weighted by atomic mass is 35.5. The topological polar surface area (TPSA) is 53.9 Å². The third-order valence-corrected chi connectivity index (χ3v) is 7.52. The monoisotopic (exact) mass is 525 g/mol. The van der Waals surface area contributed by atoms with Crippen molar-refractivity contribution in [1.82, 2.24) is 10.2 Å². The van der Waals surface area contributed by atoms with E-state index in [1.165, 1.54) is 31.0 Å². The third-order valence-electron chi connectivity index (χ3n) is 7.08. The molecule has 0 bridgehead atoms. The Labute approximate surface area is 211 Å². The number of nitrogens with one attached hydrogen (secondary N) is 1. The second kappa shape index (κ2) is 9.21. The molecule has 1 unspecified atom stereocenters. The van der Waals surface area contributed by atoms with Crippen LogP contribution in [-0.2, 0) is 23.5 Å². The number of carbonyl (C=O) groups is 1. The number of halogens is 5. The van der Waals surface area contributed by atoms with Crippen molar-refractivity contribution in [3.8, 4) is 0 Å².